The molecule has 0 saturated carbocycles. The van der Waals surface area contributed by atoms with Crippen LogP contribution >= 0.6 is 0 Å². The fraction of sp³-hybridized carbons (Fsp3) is 0.538. The fourth-order valence-electron chi connectivity index (χ4n) is 1.84. The van der Waals surface area contributed by atoms with Gasteiger partial charge in [-0.15, -0.1) is 0 Å². The molecule has 4 heteroatoms. The van der Waals surface area contributed by atoms with Crippen molar-refractivity contribution in [3.05, 3.63) is 29.8 Å². The summed E-state index contributed by atoms with van der Waals surface area (Å²) in [6.45, 7) is 3.87. The molecule has 1 rings (SSSR count). The maximum atomic E-state index is 13.1. The Balaban J connectivity index is 2.68. The van der Waals surface area contributed by atoms with Crippen LogP contribution in [0.25, 0.3) is 0 Å². The van der Waals surface area contributed by atoms with Gasteiger partial charge in [0.25, 0.3) is 0 Å². The van der Waals surface area contributed by atoms with Crippen molar-refractivity contribution in [2.45, 2.75) is 13.3 Å². The Morgan fingerprint density at radius 3 is 2.53 bits per heavy atom. The van der Waals surface area contributed by atoms with Crippen LogP contribution in [0.5, 0.6) is 0 Å². The number of hydrogen-bond donors (Lipinski definition) is 1. The van der Waals surface area contributed by atoms with Gasteiger partial charge in [0.15, 0.2) is 11.6 Å². The van der Waals surface area contributed by atoms with Gasteiger partial charge in [-0.25, -0.2) is 8.78 Å². The van der Waals surface area contributed by atoms with E-state index in [1.54, 1.807) is 6.07 Å². The summed E-state index contributed by atoms with van der Waals surface area (Å²) in [5.74, 6) is -1.10. The Hall–Kier alpha value is -1.16. The second-order valence-corrected chi connectivity index (χ2v) is 4.31. The predicted molar refractivity (Wildman–Crippen MR) is 67.3 cm³/mol. The van der Waals surface area contributed by atoms with Gasteiger partial charge in [0, 0.05) is 25.3 Å². The van der Waals surface area contributed by atoms with Crippen molar-refractivity contribution >= 4 is 5.69 Å². The molecule has 96 valence electrons. The van der Waals surface area contributed by atoms with Crippen LogP contribution in [0.4, 0.5) is 14.5 Å². The Bertz CT molecular complexity index is 355. The van der Waals surface area contributed by atoms with Crippen LogP contribution in [-0.4, -0.2) is 27.2 Å². The van der Waals surface area contributed by atoms with Gasteiger partial charge in [-0.1, -0.05) is 13.3 Å². The number of hydrogen-bond acceptors (Lipinski definition) is 2. The van der Waals surface area contributed by atoms with Crippen LogP contribution < -0.4 is 10.2 Å². The van der Waals surface area contributed by atoms with E-state index in [1.165, 1.54) is 12.1 Å². The summed E-state index contributed by atoms with van der Waals surface area (Å²) in [6, 6.07) is 4.01. The number of nitrogens with zero attached hydrogens (tertiary/aromatic N) is 1. The van der Waals surface area contributed by atoms with Gasteiger partial charge < -0.3 is 10.2 Å². The summed E-state index contributed by atoms with van der Waals surface area (Å²) in [5, 5.41) is 3.14. The second kappa shape index (κ2) is 6.55. The minimum atomic E-state index is -0.801. The molecule has 0 aliphatic heterocycles. The highest BCUT2D eigenvalue weighted by Crippen LogP contribution is 2.18. The van der Waals surface area contributed by atoms with Gasteiger partial charge in [-0.2, -0.15) is 0 Å². The Labute approximate surface area is 102 Å². The molecule has 0 heterocycles. The number of anilines is 1. The minimum absolute atomic E-state index is 0.498. The molecule has 1 N–H and O–H groups in total. The molecule has 1 aromatic carbocycles. The number of benzene rings is 1. The van der Waals surface area contributed by atoms with Crippen LogP contribution in [0.15, 0.2) is 18.2 Å². The first-order valence-corrected chi connectivity index (χ1v) is 5.89. The van der Waals surface area contributed by atoms with Crippen molar-refractivity contribution in [2.24, 2.45) is 5.92 Å². The lowest BCUT2D eigenvalue weighted by molar-refractivity contribution is 0.482. The smallest absolute Gasteiger partial charge is 0.160 e. The molecule has 0 fully saturated rings. The van der Waals surface area contributed by atoms with Crippen LogP contribution in [0.3, 0.4) is 0 Å². The Morgan fingerprint density at radius 1 is 1.29 bits per heavy atom. The first-order chi connectivity index (χ1) is 8.08. The lowest BCUT2D eigenvalue weighted by Gasteiger charge is -2.25. The highest BCUT2D eigenvalue weighted by Gasteiger charge is 2.11. The van der Waals surface area contributed by atoms with Crippen molar-refractivity contribution in [1.82, 2.24) is 5.32 Å². The van der Waals surface area contributed by atoms with Gasteiger partial charge in [0.05, 0.1) is 0 Å². The maximum absolute atomic E-state index is 13.1. The zero-order chi connectivity index (χ0) is 12.8. The van der Waals surface area contributed by atoms with Gasteiger partial charge in [0.1, 0.15) is 0 Å². The third kappa shape index (κ3) is 3.97. The van der Waals surface area contributed by atoms with E-state index in [9.17, 15) is 8.78 Å². The molecule has 2 nitrogen and oxygen atoms in total. The summed E-state index contributed by atoms with van der Waals surface area (Å²) < 4.78 is 25.9. The number of nitrogens with one attached hydrogen (secondary N) is 1. The van der Waals surface area contributed by atoms with Crippen LogP contribution in [0, 0.1) is 17.6 Å². The monoisotopic (exact) mass is 242 g/mol. The van der Waals surface area contributed by atoms with Gasteiger partial charge in [-0.05, 0) is 31.6 Å². The molecule has 0 aliphatic rings. The molecule has 0 aliphatic carbocycles. The standard InChI is InChI=1S/C13H20F2N2/c1-4-10(8-16-2)9-17(3)11-5-6-12(14)13(15)7-11/h5-7,10,16H,4,8-9H2,1-3H3. The Morgan fingerprint density at radius 2 is 2.00 bits per heavy atom. The summed E-state index contributed by atoms with van der Waals surface area (Å²) in [6.07, 6.45) is 1.05. The molecule has 1 atom stereocenters. The average Bonchev–Trinajstić information content (AvgIpc) is 2.31. The summed E-state index contributed by atoms with van der Waals surface area (Å²) >= 11 is 0. The van der Waals surface area contributed by atoms with E-state index < -0.39 is 11.6 Å². The van der Waals surface area contributed by atoms with Crippen molar-refractivity contribution < 1.29 is 8.78 Å². The van der Waals surface area contributed by atoms with Crippen LogP contribution in [0.2, 0.25) is 0 Å². The Kier molecular flexibility index (Phi) is 5.35. The molecule has 1 unspecified atom stereocenters. The lowest BCUT2D eigenvalue weighted by atomic mass is 10.1. The molecule has 0 spiro atoms. The van der Waals surface area contributed by atoms with Gasteiger partial charge in [-0.3, -0.25) is 0 Å². The number of rotatable bonds is 6. The summed E-state index contributed by atoms with van der Waals surface area (Å²) in [4.78, 5) is 1.95. The van der Waals surface area contributed by atoms with Crippen molar-refractivity contribution in [3.63, 3.8) is 0 Å². The largest absolute Gasteiger partial charge is 0.374 e. The van der Waals surface area contributed by atoms with Crippen molar-refractivity contribution in [3.8, 4) is 0 Å². The molecule has 0 bridgehead atoms. The first-order valence-electron chi connectivity index (χ1n) is 5.89. The third-order valence-electron chi connectivity index (χ3n) is 2.95. The van der Waals surface area contributed by atoms with E-state index in [0.717, 1.165) is 19.5 Å². The number of halogens is 2. The SMILES string of the molecule is CCC(CNC)CN(C)c1ccc(F)c(F)c1. The van der Waals surface area contributed by atoms with Gasteiger partial charge in [0.2, 0.25) is 0 Å². The highest BCUT2D eigenvalue weighted by molar-refractivity contribution is 5.45. The lowest BCUT2D eigenvalue weighted by Crippen LogP contribution is -2.31. The summed E-state index contributed by atoms with van der Waals surface area (Å²) in [5.41, 5.74) is 0.707. The topological polar surface area (TPSA) is 15.3 Å². The molecular formula is C13H20F2N2. The third-order valence-corrected chi connectivity index (χ3v) is 2.95. The van der Waals surface area contributed by atoms with Crippen molar-refractivity contribution in [1.29, 1.82) is 0 Å². The average molecular weight is 242 g/mol. The molecule has 0 amide bonds. The van der Waals surface area contributed by atoms with Crippen LogP contribution in [0.1, 0.15) is 13.3 Å². The molecule has 0 aromatic heterocycles. The van der Waals surface area contributed by atoms with E-state index in [1.807, 2.05) is 19.0 Å². The molecule has 0 saturated heterocycles. The van der Waals surface area contributed by atoms with E-state index >= 15 is 0 Å². The van der Waals surface area contributed by atoms with E-state index in [2.05, 4.69) is 12.2 Å². The van der Waals surface area contributed by atoms with E-state index in [4.69, 9.17) is 0 Å². The molecule has 1 aromatic rings. The zero-order valence-corrected chi connectivity index (χ0v) is 10.6. The van der Waals surface area contributed by atoms with E-state index in [-0.39, 0.29) is 0 Å². The normalized spacial score (nSPS) is 12.5. The first kappa shape index (κ1) is 13.9. The molecular weight excluding hydrogens is 222 g/mol. The maximum Gasteiger partial charge on any atom is 0.160 e. The van der Waals surface area contributed by atoms with Gasteiger partial charge >= 0.3 is 0 Å². The highest BCUT2D eigenvalue weighted by atomic mass is 19.2. The van der Waals surface area contributed by atoms with E-state index in [0.29, 0.717) is 11.6 Å². The summed E-state index contributed by atoms with van der Waals surface area (Å²) in [7, 11) is 3.81. The predicted octanol–water partition coefficient (Wildman–Crippen LogP) is 2.65. The van der Waals surface area contributed by atoms with Crippen molar-refractivity contribution in [2.75, 3.05) is 32.1 Å². The quantitative estimate of drug-likeness (QED) is 0.825. The fourth-order valence-corrected chi connectivity index (χ4v) is 1.84. The van der Waals surface area contributed by atoms with Crippen LogP contribution in [-0.2, 0) is 0 Å². The second-order valence-electron chi connectivity index (χ2n) is 4.31. The molecule has 17 heavy (non-hydrogen) atoms. The molecule has 0 radical (unpaired) electrons. The minimum Gasteiger partial charge on any atom is -0.374 e. The zero-order valence-electron chi connectivity index (χ0n) is 10.6.